The molecule has 24 heavy (non-hydrogen) atoms. The zero-order valence-corrected chi connectivity index (χ0v) is 13.6. The Balaban J connectivity index is 2.00. The van der Waals surface area contributed by atoms with E-state index >= 15 is 0 Å². The Morgan fingerprint density at radius 2 is 1.92 bits per heavy atom. The van der Waals surface area contributed by atoms with Crippen LogP contribution in [0.3, 0.4) is 0 Å². The molecule has 0 spiro atoms. The summed E-state index contributed by atoms with van der Waals surface area (Å²) in [5.74, 6) is 0.779. The first-order chi connectivity index (χ1) is 11.4. The molecule has 0 atom stereocenters. The van der Waals surface area contributed by atoms with E-state index in [-0.39, 0.29) is 11.5 Å². The highest BCUT2D eigenvalue weighted by Gasteiger charge is 2.29. The maximum atomic E-state index is 12.2. The minimum atomic E-state index is -4.39. The van der Waals surface area contributed by atoms with Crippen LogP contribution >= 0.6 is 0 Å². The number of benzene rings is 1. The molecular formula is C16H22F3N3O2. The first kappa shape index (κ1) is 18.2. The second kappa shape index (κ2) is 8.12. The molecule has 5 nitrogen and oxygen atoms in total. The van der Waals surface area contributed by atoms with Crippen LogP contribution in [0.4, 0.5) is 13.2 Å². The van der Waals surface area contributed by atoms with Crippen LogP contribution in [0, 0.1) is 0 Å². The molecule has 1 aromatic rings. The van der Waals surface area contributed by atoms with Gasteiger partial charge in [0.25, 0.3) is 0 Å². The third-order valence-corrected chi connectivity index (χ3v) is 3.72. The number of likely N-dealkylation sites (tertiary alicyclic amines) is 1. The number of hydrogen-bond donors (Lipinski definition) is 1. The van der Waals surface area contributed by atoms with Crippen molar-refractivity contribution in [2.45, 2.75) is 32.0 Å². The van der Waals surface area contributed by atoms with Gasteiger partial charge in [-0.1, -0.05) is 6.07 Å². The summed E-state index contributed by atoms with van der Waals surface area (Å²) < 4.78 is 46.6. The van der Waals surface area contributed by atoms with Crippen LogP contribution in [0.2, 0.25) is 0 Å². The molecule has 0 bridgehead atoms. The lowest BCUT2D eigenvalue weighted by Crippen LogP contribution is -2.40. The van der Waals surface area contributed by atoms with Gasteiger partial charge in [-0.25, -0.2) is 4.99 Å². The molecule has 2 N–H and O–H groups in total. The molecule has 0 radical (unpaired) electrons. The fraction of sp³-hybridized carbons (Fsp3) is 0.562. The van der Waals surface area contributed by atoms with Crippen LogP contribution in [-0.4, -0.2) is 43.8 Å². The minimum Gasteiger partial charge on any atom is -0.493 e. The number of nitrogens with two attached hydrogens (primary N) is 1. The predicted octanol–water partition coefficient (Wildman–Crippen LogP) is 2.94. The van der Waals surface area contributed by atoms with Gasteiger partial charge in [0.1, 0.15) is 0 Å². The maximum absolute atomic E-state index is 12.2. The summed E-state index contributed by atoms with van der Waals surface area (Å²) in [4.78, 5) is 6.40. The Kier molecular flexibility index (Phi) is 6.16. The summed E-state index contributed by atoms with van der Waals surface area (Å²) in [6.07, 6.45) is -0.970. The van der Waals surface area contributed by atoms with Crippen molar-refractivity contribution in [3.63, 3.8) is 0 Å². The van der Waals surface area contributed by atoms with Crippen molar-refractivity contribution < 1.29 is 22.6 Å². The summed E-state index contributed by atoms with van der Waals surface area (Å²) >= 11 is 0. The third kappa shape index (κ3) is 5.50. The predicted molar refractivity (Wildman–Crippen MR) is 85.3 cm³/mol. The molecule has 0 saturated carbocycles. The van der Waals surface area contributed by atoms with E-state index in [9.17, 15) is 13.2 Å². The van der Waals surface area contributed by atoms with Crippen molar-refractivity contribution in [3.05, 3.63) is 23.8 Å². The molecule has 1 saturated heterocycles. The number of hydrogen-bond acceptors (Lipinski definition) is 3. The first-order valence-electron chi connectivity index (χ1n) is 7.80. The van der Waals surface area contributed by atoms with Gasteiger partial charge < -0.3 is 20.1 Å². The van der Waals surface area contributed by atoms with Gasteiger partial charge in [-0.15, -0.1) is 0 Å². The topological polar surface area (TPSA) is 60.1 Å². The molecule has 1 fully saturated rings. The Hall–Kier alpha value is -2.12. The number of piperidine rings is 1. The highest BCUT2D eigenvalue weighted by Crippen LogP contribution is 2.30. The standard InChI is InChI=1S/C16H22F3N3O2/c1-23-14-9-12(5-6-13(14)24-11-16(17,18)19)10-21-15(20)22-7-3-2-4-8-22/h5-6,9H,2-4,7-8,10-11H2,1H3,(H2,20,21). The van der Waals surface area contributed by atoms with E-state index in [1.54, 1.807) is 12.1 Å². The molecule has 1 aliphatic heterocycles. The van der Waals surface area contributed by atoms with Crippen molar-refractivity contribution >= 4 is 5.96 Å². The number of aliphatic imine (C=N–C) groups is 1. The Morgan fingerprint density at radius 1 is 1.21 bits per heavy atom. The van der Waals surface area contributed by atoms with Crippen molar-refractivity contribution in [2.24, 2.45) is 10.7 Å². The molecule has 0 amide bonds. The molecule has 134 valence electrons. The number of guanidine groups is 1. The average Bonchev–Trinajstić information content (AvgIpc) is 2.58. The molecule has 8 heteroatoms. The van der Waals surface area contributed by atoms with Gasteiger partial charge in [0, 0.05) is 13.1 Å². The largest absolute Gasteiger partial charge is 0.493 e. The van der Waals surface area contributed by atoms with Gasteiger partial charge >= 0.3 is 6.18 Å². The van der Waals surface area contributed by atoms with Crippen LogP contribution in [0.25, 0.3) is 0 Å². The van der Waals surface area contributed by atoms with Crippen LogP contribution in [-0.2, 0) is 6.54 Å². The van der Waals surface area contributed by atoms with Gasteiger partial charge in [0.2, 0.25) is 0 Å². The second-order valence-electron chi connectivity index (χ2n) is 5.61. The minimum absolute atomic E-state index is 0.0477. The summed E-state index contributed by atoms with van der Waals surface area (Å²) in [6, 6.07) is 4.71. The van der Waals surface area contributed by atoms with Gasteiger partial charge in [-0.3, -0.25) is 0 Å². The van der Waals surface area contributed by atoms with E-state index in [1.807, 2.05) is 4.90 Å². The molecule has 2 rings (SSSR count). The Morgan fingerprint density at radius 3 is 2.54 bits per heavy atom. The zero-order valence-electron chi connectivity index (χ0n) is 13.6. The van der Waals surface area contributed by atoms with E-state index in [1.165, 1.54) is 19.6 Å². The van der Waals surface area contributed by atoms with Crippen molar-refractivity contribution in [1.82, 2.24) is 4.90 Å². The average molecular weight is 345 g/mol. The molecule has 1 heterocycles. The van der Waals surface area contributed by atoms with Crippen LogP contribution in [0.5, 0.6) is 11.5 Å². The second-order valence-corrected chi connectivity index (χ2v) is 5.61. The fourth-order valence-corrected chi connectivity index (χ4v) is 2.48. The fourth-order valence-electron chi connectivity index (χ4n) is 2.48. The zero-order chi connectivity index (χ0) is 17.6. The Bertz CT molecular complexity index is 570. The lowest BCUT2D eigenvalue weighted by atomic mass is 10.1. The third-order valence-electron chi connectivity index (χ3n) is 3.72. The molecular weight excluding hydrogens is 323 g/mol. The Labute approximate surface area is 139 Å². The van der Waals surface area contributed by atoms with E-state index in [4.69, 9.17) is 15.2 Å². The van der Waals surface area contributed by atoms with E-state index < -0.39 is 12.8 Å². The number of nitrogens with zero attached hydrogens (tertiary/aromatic N) is 2. The monoisotopic (exact) mass is 345 g/mol. The van der Waals surface area contributed by atoms with E-state index in [2.05, 4.69) is 4.99 Å². The summed E-state index contributed by atoms with van der Waals surface area (Å²) in [6.45, 7) is 0.784. The molecule has 0 aliphatic carbocycles. The lowest BCUT2D eigenvalue weighted by Gasteiger charge is -2.27. The van der Waals surface area contributed by atoms with Crippen molar-refractivity contribution in [2.75, 3.05) is 26.8 Å². The van der Waals surface area contributed by atoms with Crippen molar-refractivity contribution in [3.8, 4) is 11.5 Å². The molecule has 1 aliphatic rings. The molecule has 1 aromatic carbocycles. The quantitative estimate of drug-likeness (QED) is 0.658. The first-order valence-corrected chi connectivity index (χ1v) is 7.80. The number of alkyl halides is 3. The van der Waals surface area contributed by atoms with Crippen LogP contribution in [0.15, 0.2) is 23.2 Å². The number of ether oxygens (including phenoxy) is 2. The molecule has 0 unspecified atom stereocenters. The normalized spacial score (nSPS) is 16.2. The van der Waals surface area contributed by atoms with Crippen molar-refractivity contribution in [1.29, 1.82) is 0 Å². The highest BCUT2D eigenvalue weighted by molar-refractivity contribution is 5.78. The van der Waals surface area contributed by atoms with Gasteiger partial charge in [0.15, 0.2) is 24.1 Å². The number of rotatable bonds is 5. The van der Waals surface area contributed by atoms with Gasteiger partial charge in [-0.05, 0) is 37.0 Å². The van der Waals surface area contributed by atoms with E-state index in [0.717, 1.165) is 31.5 Å². The summed E-state index contributed by atoms with van der Waals surface area (Å²) in [5, 5.41) is 0. The highest BCUT2D eigenvalue weighted by atomic mass is 19.4. The summed E-state index contributed by atoms with van der Waals surface area (Å²) in [7, 11) is 1.38. The van der Waals surface area contributed by atoms with Gasteiger partial charge in [0.05, 0.1) is 13.7 Å². The van der Waals surface area contributed by atoms with E-state index in [0.29, 0.717) is 12.5 Å². The van der Waals surface area contributed by atoms with Crippen LogP contribution in [0.1, 0.15) is 24.8 Å². The SMILES string of the molecule is COc1cc(CN=C(N)N2CCCCC2)ccc1OCC(F)(F)F. The summed E-state index contributed by atoms with van der Waals surface area (Å²) in [5.41, 5.74) is 6.77. The number of halogens is 3. The number of methoxy groups -OCH3 is 1. The maximum Gasteiger partial charge on any atom is 0.422 e. The lowest BCUT2D eigenvalue weighted by molar-refractivity contribution is -0.153. The van der Waals surface area contributed by atoms with Crippen LogP contribution < -0.4 is 15.2 Å². The molecule has 0 aromatic heterocycles. The smallest absolute Gasteiger partial charge is 0.422 e. The van der Waals surface area contributed by atoms with Gasteiger partial charge in [-0.2, -0.15) is 13.2 Å².